The summed E-state index contributed by atoms with van der Waals surface area (Å²) in [7, 11) is 0. The fraction of sp³-hybridized carbons (Fsp3) is 0.235. The molecule has 2 rings (SSSR count). The molecule has 3 heteroatoms. The molecule has 0 atom stereocenters. The van der Waals surface area contributed by atoms with E-state index in [1.807, 2.05) is 24.3 Å². The molecule has 0 aromatic heterocycles. The van der Waals surface area contributed by atoms with Crippen LogP contribution in [0.3, 0.4) is 0 Å². The zero-order chi connectivity index (χ0) is 14.5. The normalized spacial score (nSPS) is 10.3. The number of nitrogens with one attached hydrogen (secondary N) is 1. The second-order valence-corrected chi connectivity index (χ2v) is 5.13. The van der Waals surface area contributed by atoms with Crippen molar-refractivity contribution in [2.75, 3.05) is 0 Å². The maximum Gasteiger partial charge on any atom is 0.119 e. The van der Waals surface area contributed by atoms with Gasteiger partial charge in [0.1, 0.15) is 12.4 Å². The van der Waals surface area contributed by atoms with E-state index in [-0.39, 0.29) is 5.84 Å². The summed E-state index contributed by atoms with van der Waals surface area (Å²) in [5.74, 6) is 1.00. The molecule has 104 valence electrons. The van der Waals surface area contributed by atoms with Gasteiger partial charge in [0.05, 0.1) is 5.84 Å². The van der Waals surface area contributed by atoms with Crippen LogP contribution in [0.2, 0.25) is 0 Å². The maximum atomic E-state index is 7.27. The van der Waals surface area contributed by atoms with E-state index in [0.29, 0.717) is 13.0 Å². The standard InChI is InChI=1S/C17H20N2O/c1-12-7-13(2)9-15(8-12)11-20-16-5-3-14(4-6-16)10-17(18)19/h3-9H,10-11H2,1-2H3,(H3,18,19). The molecule has 2 aromatic carbocycles. The number of ether oxygens (including phenoxy) is 1. The fourth-order valence-corrected chi connectivity index (χ4v) is 2.24. The summed E-state index contributed by atoms with van der Waals surface area (Å²) in [6.45, 7) is 4.74. The molecule has 0 amide bonds. The fourth-order valence-electron chi connectivity index (χ4n) is 2.24. The van der Waals surface area contributed by atoms with Gasteiger partial charge >= 0.3 is 0 Å². The van der Waals surface area contributed by atoms with E-state index in [1.165, 1.54) is 16.7 Å². The summed E-state index contributed by atoms with van der Waals surface area (Å²) in [6.07, 6.45) is 0.483. The van der Waals surface area contributed by atoms with E-state index in [2.05, 4.69) is 32.0 Å². The minimum Gasteiger partial charge on any atom is -0.489 e. The van der Waals surface area contributed by atoms with Gasteiger partial charge in [0, 0.05) is 6.42 Å². The highest BCUT2D eigenvalue weighted by atomic mass is 16.5. The quantitative estimate of drug-likeness (QED) is 0.645. The summed E-state index contributed by atoms with van der Waals surface area (Å²) in [5.41, 5.74) is 10.1. The van der Waals surface area contributed by atoms with Crippen LogP contribution in [0.4, 0.5) is 0 Å². The number of rotatable bonds is 5. The molecular weight excluding hydrogens is 248 g/mol. The van der Waals surface area contributed by atoms with Crippen LogP contribution in [0.15, 0.2) is 42.5 Å². The Hall–Kier alpha value is -2.29. The molecule has 0 spiro atoms. The van der Waals surface area contributed by atoms with Crippen LogP contribution in [0.5, 0.6) is 5.75 Å². The van der Waals surface area contributed by atoms with E-state index in [4.69, 9.17) is 15.9 Å². The van der Waals surface area contributed by atoms with E-state index in [1.54, 1.807) is 0 Å². The van der Waals surface area contributed by atoms with E-state index >= 15 is 0 Å². The molecule has 3 N–H and O–H groups in total. The highest BCUT2D eigenvalue weighted by Crippen LogP contribution is 2.16. The summed E-state index contributed by atoms with van der Waals surface area (Å²) in [6, 6.07) is 14.1. The SMILES string of the molecule is Cc1cc(C)cc(COc2ccc(CC(=N)N)cc2)c1. The molecule has 0 bridgehead atoms. The van der Waals surface area contributed by atoms with Crippen molar-refractivity contribution in [1.29, 1.82) is 5.41 Å². The molecule has 0 unspecified atom stereocenters. The van der Waals surface area contributed by atoms with Gasteiger partial charge in [0.25, 0.3) is 0 Å². The Labute approximate surface area is 119 Å². The van der Waals surface area contributed by atoms with Crippen molar-refractivity contribution in [3.63, 3.8) is 0 Å². The number of hydrogen-bond donors (Lipinski definition) is 2. The Morgan fingerprint density at radius 2 is 1.60 bits per heavy atom. The van der Waals surface area contributed by atoms with Crippen LogP contribution in [0.25, 0.3) is 0 Å². The molecule has 20 heavy (non-hydrogen) atoms. The van der Waals surface area contributed by atoms with Gasteiger partial charge in [-0.15, -0.1) is 0 Å². The molecule has 0 heterocycles. The van der Waals surface area contributed by atoms with Gasteiger partial charge < -0.3 is 10.5 Å². The van der Waals surface area contributed by atoms with E-state index < -0.39 is 0 Å². The lowest BCUT2D eigenvalue weighted by Crippen LogP contribution is -2.12. The zero-order valence-electron chi connectivity index (χ0n) is 11.9. The number of hydrogen-bond acceptors (Lipinski definition) is 2. The monoisotopic (exact) mass is 268 g/mol. The number of amidine groups is 1. The van der Waals surface area contributed by atoms with Crippen LogP contribution >= 0.6 is 0 Å². The minimum atomic E-state index is 0.175. The molecule has 3 nitrogen and oxygen atoms in total. The van der Waals surface area contributed by atoms with Gasteiger partial charge in [-0.05, 0) is 37.1 Å². The molecule has 2 aromatic rings. The second kappa shape index (κ2) is 6.24. The molecular formula is C17H20N2O. The Bertz CT molecular complexity index is 583. The molecule has 0 saturated heterocycles. The van der Waals surface area contributed by atoms with Gasteiger partial charge in [-0.25, -0.2) is 0 Å². The van der Waals surface area contributed by atoms with Gasteiger partial charge in [-0.2, -0.15) is 0 Å². The molecule has 0 aliphatic rings. The van der Waals surface area contributed by atoms with E-state index in [9.17, 15) is 0 Å². The van der Waals surface area contributed by atoms with Crippen LogP contribution in [0.1, 0.15) is 22.3 Å². The topological polar surface area (TPSA) is 59.1 Å². The largest absolute Gasteiger partial charge is 0.489 e. The van der Waals surface area contributed by atoms with Gasteiger partial charge in [-0.3, -0.25) is 5.41 Å². The first-order valence-corrected chi connectivity index (χ1v) is 6.65. The molecule has 0 aliphatic heterocycles. The molecule has 0 fully saturated rings. The first-order valence-electron chi connectivity index (χ1n) is 6.65. The van der Waals surface area contributed by atoms with Crippen molar-refractivity contribution in [3.05, 3.63) is 64.7 Å². The number of nitrogens with two attached hydrogens (primary N) is 1. The third-order valence-electron chi connectivity index (χ3n) is 3.00. The summed E-state index contributed by atoms with van der Waals surface area (Å²) in [5, 5.41) is 7.27. The average molecular weight is 268 g/mol. The van der Waals surface area contributed by atoms with Gasteiger partial charge in [-0.1, -0.05) is 41.5 Å². The third kappa shape index (κ3) is 4.12. The Morgan fingerprint density at radius 1 is 1.00 bits per heavy atom. The number of aryl methyl sites for hydroxylation is 2. The Balaban J connectivity index is 1.98. The lowest BCUT2D eigenvalue weighted by Gasteiger charge is -2.09. The second-order valence-electron chi connectivity index (χ2n) is 5.13. The van der Waals surface area contributed by atoms with Crippen LogP contribution in [-0.4, -0.2) is 5.84 Å². The van der Waals surface area contributed by atoms with Crippen molar-refractivity contribution < 1.29 is 4.74 Å². The lowest BCUT2D eigenvalue weighted by molar-refractivity contribution is 0.306. The van der Waals surface area contributed by atoms with Crippen molar-refractivity contribution in [2.24, 2.45) is 5.73 Å². The smallest absolute Gasteiger partial charge is 0.119 e. The summed E-state index contributed by atoms with van der Waals surface area (Å²) in [4.78, 5) is 0. The predicted molar refractivity (Wildman–Crippen MR) is 82.3 cm³/mol. The zero-order valence-corrected chi connectivity index (χ0v) is 11.9. The van der Waals surface area contributed by atoms with E-state index in [0.717, 1.165) is 11.3 Å². The molecule has 0 aliphatic carbocycles. The van der Waals surface area contributed by atoms with Gasteiger partial charge in [0.15, 0.2) is 0 Å². The van der Waals surface area contributed by atoms with Crippen LogP contribution < -0.4 is 10.5 Å². The summed E-state index contributed by atoms with van der Waals surface area (Å²) >= 11 is 0. The highest BCUT2D eigenvalue weighted by molar-refractivity contribution is 5.79. The van der Waals surface area contributed by atoms with Crippen molar-refractivity contribution in [2.45, 2.75) is 26.9 Å². The molecule has 0 saturated carbocycles. The average Bonchev–Trinajstić information content (AvgIpc) is 2.36. The molecule has 0 radical (unpaired) electrons. The van der Waals surface area contributed by atoms with Crippen molar-refractivity contribution in [3.8, 4) is 5.75 Å². The first-order chi connectivity index (χ1) is 9.52. The lowest BCUT2D eigenvalue weighted by atomic mass is 10.1. The van der Waals surface area contributed by atoms with Crippen LogP contribution in [0, 0.1) is 19.3 Å². The highest BCUT2D eigenvalue weighted by Gasteiger charge is 2.00. The predicted octanol–water partition coefficient (Wildman–Crippen LogP) is 3.36. The first kappa shape index (κ1) is 14.1. The number of benzene rings is 2. The Kier molecular flexibility index (Phi) is 4.41. The summed E-state index contributed by atoms with van der Waals surface area (Å²) < 4.78 is 5.78. The maximum absolute atomic E-state index is 7.27. The van der Waals surface area contributed by atoms with Crippen molar-refractivity contribution in [1.82, 2.24) is 0 Å². The van der Waals surface area contributed by atoms with Gasteiger partial charge in [0.2, 0.25) is 0 Å². The van der Waals surface area contributed by atoms with Crippen LogP contribution in [-0.2, 0) is 13.0 Å². The Morgan fingerprint density at radius 3 is 2.15 bits per heavy atom. The third-order valence-corrected chi connectivity index (χ3v) is 3.00. The van der Waals surface area contributed by atoms with Crippen molar-refractivity contribution >= 4 is 5.84 Å². The minimum absolute atomic E-state index is 0.175.